The minimum Gasteiger partial charge on any atom is -0.464 e. The maximum atomic E-state index is 11.3. The number of hydrogen-bond donors (Lipinski definition) is 1. The van der Waals surface area contributed by atoms with E-state index in [2.05, 4.69) is 26.2 Å². The van der Waals surface area contributed by atoms with Crippen LogP contribution in [0.4, 0.5) is 0 Å². The first-order valence-corrected chi connectivity index (χ1v) is 5.52. The van der Waals surface area contributed by atoms with Gasteiger partial charge < -0.3 is 10.1 Å². The molecule has 2 heterocycles. The zero-order chi connectivity index (χ0) is 10.8. The van der Waals surface area contributed by atoms with Crippen LogP contribution in [0, 0.1) is 6.92 Å². The largest absolute Gasteiger partial charge is 0.464 e. The predicted molar refractivity (Wildman–Crippen MR) is 58.7 cm³/mol. The first kappa shape index (κ1) is 10.4. The molecule has 0 saturated carbocycles. The van der Waals surface area contributed by atoms with Crippen molar-refractivity contribution in [3.8, 4) is 5.88 Å². The van der Waals surface area contributed by atoms with Gasteiger partial charge in [0.1, 0.15) is 0 Å². The fourth-order valence-electron chi connectivity index (χ4n) is 1.47. The van der Waals surface area contributed by atoms with Crippen LogP contribution in [-0.2, 0) is 4.79 Å². The van der Waals surface area contributed by atoms with E-state index in [-0.39, 0.29) is 5.91 Å². The summed E-state index contributed by atoms with van der Waals surface area (Å²) in [6, 6.07) is 1.91. The Morgan fingerprint density at radius 1 is 1.67 bits per heavy atom. The van der Waals surface area contributed by atoms with Gasteiger partial charge in [0.15, 0.2) is 6.10 Å². The number of halogens is 1. The van der Waals surface area contributed by atoms with Crippen molar-refractivity contribution in [3.63, 3.8) is 0 Å². The molecule has 80 valence electrons. The average molecular weight is 271 g/mol. The van der Waals surface area contributed by atoms with Gasteiger partial charge in [0, 0.05) is 29.2 Å². The molecule has 1 atom stereocenters. The molecule has 1 aliphatic heterocycles. The Hall–Kier alpha value is -1.10. The molecule has 0 aromatic carbocycles. The molecule has 1 saturated heterocycles. The highest BCUT2D eigenvalue weighted by Crippen LogP contribution is 2.21. The lowest BCUT2D eigenvalue weighted by molar-refractivity contribution is -0.125. The molecule has 0 radical (unpaired) electrons. The highest BCUT2D eigenvalue weighted by Gasteiger charge is 2.26. The normalized spacial score (nSPS) is 20.1. The Bertz CT molecular complexity index is 395. The number of carbonyl (C=O) groups is 1. The maximum Gasteiger partial charge on any atom is 0.261 e. The van der Waals surface area contributed by atoms with E-state index < -0.39 is 6.10 Å². The summed E-state index contributed by atoms with van der Waals surface area (Å²) < 4.78 is 6.44. The van der Waals surface area contributed by atoms with E-state index in [1.54, 1.807) is 6.20 Å². The lowest BCUT2D eigenvalue weighted by Gasteiger charge is -2.11. The van der Waals surface area contributed by atoms with Gasteiger partial charge in [0.2, 0.25) is 5.88 Å². The smallest absolute Gasteiger partial charge is 0.261 e. The standard InChI is InChI=1S/C10H11BrN2O2/c1-6-4-7(11)5-13-10(6)15-8-2-3-12-9(8)14/h4-5,8H,2-3H2,1H3,(H,12,14). The number of pyridine rings is 1. The zero-order valence-electron chi connectivity index (χ0n) is 8.29. The lowest BCUT2D eigenvalue weighted by atomic mass is 10.3. The Balaban J connectivity index is 2.13. The molecule has 1 aromatic rings. The summed E-state index contributed by atoms with van der Waals surface area (Å²) in [5, 5.41) is 2.72. The Morgan fingerprint density at radius 2 is 2.47 bits per heavy atom. The number of ether oxygens (including phenoxy) is 1. The average Bonchev–Trinajstić information content (AvgIpc) is 2.57. The summed E-state index contributed by atoms with van der Waals surface area (Å²) in [6.07, 6.45) is 1.97. The van der Waals surface area contributed by atoms with Crippen LogP contribution < -0.4 is 10.1 Å². The van der Waals surface area contributed by atoms with E-state index in [9.17, 15) is 4.79 Å². The van der Waals surface area contributed by atoms with Crippen LogP contribution in [0.5, 0.6) is 5.88 Å². The van der Waals surface area contributed by atoms with Crippen LogP contribution >= 0.6 is 15.9 Å². The van der Waals surface area contributed by atoms with Crippen molar-refractivity contribution in [2.24, 2.45) is 0 Å². The number of rotatable bonds is 2. The second-order valence-corrected chi connectivity index (χ2v) is 4.38. The molecule has 0 bridgehead atoms. The molecule has 5 heteroatoms. The Kier molecular flexibility index (Phi) is 2.90. The molecule has 4 nitrogen and oxygen atoms in total. The van der Waals surface area contributed by atoms with Gasteiger partial charge in [-0.05, 0) is 28.9 Å². The molecule has 0 spiro atoms. The first-order chi connectivity index (χ1) is 7.16. The van der Waals surface area contributed by atoms with Gasteiger partial charge in [-0.3, -0.25) is 4.79 Å². The summed E-state index contributed by atoms with van der Waals surface area (Å²) in [7, 11) is 0. The second-order valence-electron chi connectivity index (χ2n) is 3.46. The third-order valence-corrected chi connectivity index (χ3v) is 2.68. The lowest BCUT2D eigenvalue weighted by Crippen LogP contribution is -2.28. The third kappa shape index (κ3) is 2.28. The van der Waals surface area contributed by atoms with Gasteiger partial charge in [-0.1, -0.05) is 0 Å². The molecule has 1 unspecified atom stereocenters. The predicted octanol–water partition coefficient (Wildman–Crippen LogP) is 1.42. The highest BCUT2D eigenvalue weighted by molar-refractivity contribution is 9.10. The first-order valence-electron chi connectivity index (χ1n) is 4.73. The van der Waals surface area contributed by atoms with E-state index in [0.717, 1.165) is 10.0 Å². The highest BCUT2D eigenvalue weighted by atomic mass is 79.9. The minimum atomic E-state index is -0.391. The summed E-state index contributed by atoms with van der Waals surface area (Å²) in [5.74, 6) is 0.472. The van der Waals surface area contributed by atoms with Crippen molar-refractivity contribution < 1.29 is 9.53 Å². The van der Waals surface area contributed by atoms with E-state index in [0.29, 0.717) is 18.8 Å². The fourth-order valence-corrected chi connectivity index (χ4v) is 1.92. The molecule has 1 N–H and O–H groups in total. The molecule has 1 aliphatic rings. The van der Waals surface area contributed by atoms with Crippen molar-refractivity contribution in [2.75, 3.05) is 6.54 Å². The topological polar surface area (TPSA) is 51.2 Å². The number of hydrogen-bond acceptors (Lipinski definition) is 3. The van der Waals surface area contributed by atoms with E-state index in [4.69, 9.17) is 4.74 Å². The summed E-state index contributed by atoms with van der Waals surface area (Å²) in [6.45, 7) is 2.58. The molecule has 1 amide bonds. The monoisotopic (exact) mass is 270 g/mol. The van der Waals surface area contributed by atoms with Gasteiger partial charge >= 0.3 is 0 Å². The molecular formula is C10H11BrN2O2. The van der Waals surface area contributed by atoms with Crippen LogP contribution in [0.1, 0.15) is 12.0 Å². The summed E-state index contributed by atoms with van der Waals surface area (Å²) in [5.41, 5.74) is 0.920. The number of amides is 1. The fraction of sp³-hybridized carbons (Fsp3) is 0.400. The second kappa shape index (κ2) is 4.18. The summed E-state index contributed by atoms with van der Waals surface area (Å²) >= 11 is 3.32. The number of aryl methyl sites for hydroxylation is 1. The van der Waals surface area contributed by atoms with E-state index >= 15 is 0 Å². The van der Waals surface area contributed by atoms with Gasteiger partial charge in [0.05, 0.1) is 0 Å². The van der Waals surface area contributed by atoms with Crippen LogP contribution in [0.15, 0.2) is 16.7 Å². The zero-order valence-corrected chi connectivity index (χ0v) is 9.87. The molecular weight excluding hydrogens is 260 g/mol. The quantitative estimate of drug-likeness (QED) is 0.885. The van der Waals surface area contributed by atoms with Gasteiger partial charge in [-0.15, -0.1) is 0 Å². The van der Waals surface area contributed by atoms with Crippen molar-refractivity contribution >= 4 is 21.8 Å². The van der Waals surface area contributed by atoms with Gasteiger partial charge in [0.25, 0.3) is 5.91 Å². The van der Waals surface area contributed by atoms with Gasteiger partial charge in [-0.2, -0.15) is 0 Å². The molecule has 15 heavy (non-hydrogen) atoms. The van der Waals surface area contributed by atoms with Crippen LogP contribution in [0.25, 0.3) is 0 Å². The number of carbonyl (C=O) groups excluding carboxylic acids is 1. The number of nitrogens with zero attached hydrogens (tertiary/aromatic N) is 1. The molecule has 0 aliphatic carbocycles. The maximum absolute atomic E-state index is 11.3. The number of aromatic nitrogens is 1. The van der Waals surface area contributed by atoms with Crippen LogP contribution in [-0.4, -0.2) is 23.5 Å². The van der Waals surface area contributed by atoms with Crippen LogP contribution in [0.3, 0.4) is 0 Å². The Morgan fingerprint density at radius 3 is 3.07 bits per heavy atom. The number of nitrogens with one attached hydrogen (secondary N) is 1. The van der Waals surface area contributed by atoms with Crippen molar-refractivity contribution in [2.45, 2.75) is 19.4 Å². The molecule has 1 fully saturated rings. The molecule has 2 rings (SSSR count). The summed E-state index contributed by atoms with van der Waals surface area (Å²) in [4.78, 5) is 15.4. The minimum absolute atomic E-state index is 0.0564. The third-order valence-electron chi connectivity index (χ3n) is 2.25. The van der Waals surface area contributed by atoms with Crippen molar-refractivity contribution in [3.05, 3.63) is 22.3 Å². The molecule has 1 aromatic heterocycles. The van der Waals surface area contributed by atoms with Crippen LogP contribution in [0.2, 0.25) is 0 Å². The van der Waals surface area contributed by atoms with Crippen molar-refractivity contribution in [1.82, 2.24) is 10.3 Å². The Labute approximate surface area is 96.2 Å². The van der Waals surface area contributed by atoms with Gasteiger partial charge in [-0.25, -0.2) is 4.98 Å². The van der Waals surface area contributed by atoms with Crippen molar-refractivity contribution in [1.29, 1.82) is 0 Å². The van der Waals surface area contributed by atoms with E-state index in [1.165, 1.54) is 0 Å². The van der Waals surface area contributed by atoms with E-state index in [1.807, 2.05) is 13.0 Å². The SMILES string of the molecule is Cc1cc(Br)cnc1OC1CCNC1=O.